The maximum absolute atomic E-state index is 9.67. The smallest absolute Gasteiger partial charge is 0.145 e. The number of aliphatic hydroxyl groups is 1. The number of benzene rings is 2. The summed E-state index contributed by atoms with van der Waals surface area (Å²) in [6.45, 7) is 2.02. The molecule has 2 heterocycles. The van der Waals surface area contributed by atoms with E-state index in [1.54, 1.807) is 21.3 Å². The molecule has 6 nitrogen and oxygen atoms in total. The maximum Gasteiger partial charge on any atom is 0.145 e. The second-order valence-electron chi connectivity index (χ2n) is 6.91. The Morgan fingerprint density at radius 3 is 2.32 bits per heavy atom. The maximum atomic E-state index is 9.67. The molecule has 0 bridgehead atoms. The van der Waals surface area contributed by atoms with E-state index in [2.05, 4.69) is 11.0 Å². The number of para-hydroxylation sites is 1. The van der Waals surface area contributed by atoms with Crippen molar-refractivity contribution in [3.8, 4) is 28.5 Å². The van der Waals surface area contributed by atoms with Crippen molar-refractivity contribution in [1.82, 2.24) is 9.88 Å². The molecule has 28 heavy (non-hydrogen) atoms. The molecule has 1 fully saturated rings. The van der Waals surface area contributed by atoms with Gasteiger partial charge >= 0.3 is 0 Å². The van der Waals surface area contributed by atoms with E-state index in [0.717, 1.165) is 39.2 Å². The predicted octanol–water partition coefficient (Wildman–Crippen LogP) is 3.10. The van der Waals surface area contributed by atoms with E-state index in [9.17, 15) is 5.11 Å². The third-order valence-corrected chi connectivity index (χ3v) is 5.12. The minimum Gasteiger partial charge on any atom is -0.496 e. The first kappa shape index (κ1) is 18.5. The summed E-state index contributed by atoms with van der Waals surface area (Å²) in [6.07, 6.45) is -0.252. The van der Waals surface area contributed by atoms with Gasteiger partial charge in [0.05, 0.1) is 33.1 Å². The number of likely N-dealkylation sites (tertiary alicyclic amines) is 1. The molecule has 1 aliphatic heterocycles. The van der Waals surface area contributed by atoms with E-state index >= 15 is 0 Å². The molecule has 2 aromatic carbocycles. The Morgan fingerprint density at radius 1 is 0.964 bits per heavy atom. The number of aromatic nitrogens is 1. The monoisotopic (exact) mass is 380 g/mol. The molecule has 0 atom stereocenters. The average molecular weight is 380 g/mol. The highest BCUT2D eigenvalue weighted by molar-refractivity contribution is 5.93. The lowest BCUT2D eigenvalue weighted by Gasteiger charge is -2.36. The lowest BCUT2D eigenvalue weighted by Crippen LogP contribution is -2.49. The molecule has 0 radical (unpaired) electrons. The van der Waals surface area contributed by atoms with E-state index in [0.29, 0.717) is 25.4 Å². The zero-order valence-electron chi connectivity index (χ0n) is 16.3. The standard InChI is InChI=1S/C22H24N2O4/c1-26-18-7-5-4-6-16(18)21-14(11-24-12-15(25)13-24)10-17-19(27-2)8-9-20(28-3)22(17)23-21/h4-10,15,25H,11-13H2,1-3H3. The highest BCUT2D eigenvalue weighted by Gasteiger charge is 2.26. The number of aliphatic hydroxyl groups excluding tert-OH is 1. The Bertz CT molecular complexity index is 999. The topological polar surface area (TPSA) is 64.0 Å². The van der Waals surface area contributed by atoms with Crippen LogP contribution < -0.4 is 14.2 Å². The minimum atomic E-state index is -0.252. The largest absolute Gasteiger partial charge is 0.496 e. The zero-order valence-corrected chi connectivity index (χ0v) is 16.3. The Kier molecular flexibility index (Phi) is 5.07. The van der Waals surface area contributed by atoms with Gasteiger partial charge in [0.15, 0.2) is 0 Å². The van der Waals surface area contributed by atoms with Gasteiger partial charge in [-0.1, -0.05) is 12.1 Å². The van der Waals surface area contributed by atoms with E-state index in [1.807, 2.05) is 36.4 Å². The quantitative estimate of drug-likeness (QED) is 0.709. The van der Waals surface area contributed by atoms with Crippen LogP contribution in [0.15, 0.2) is 42.5 Å². The number of hydrogen-bond donors (Lipinski definition) is 1. The molecule has 0 amide bonds. The van der Waals surface area contributed by atoms with Gasteiger partial charge in [-0.15, -0.1) is 0 Å². The fraction of sp³-hybridized carbons (Fsp3) is 0.318. The van der Waals surface area contributed by atoms with E-state index in [-0.39, 0.29) is 6.10 Å². The van der Waals surface area contributed by atoms with Gasteiger partial charge in [0.2, 0.25) is 0 Å². The van der Waals surface area contributed by atoms with Gasteiger partial charge in [0, 0.05) is 30.6 Å². The Labute approximate surface area is 164 Å². The van der Waals surface area contributed by atoms with Crippen LogP contribution in [0.3, 0.4) is 0 Å². The van der Waals surface area contributed by atoms with Crippen LogP contribution in [0.25, 0.3) is 22.2 Å². The summed E-state index contributed by atoms with van der Waals surface area (Å²) in [5.41, 5.74) is 3.57. The Hall–Kier alpha value is -2.83. The second kappa shape index (κ2) is 7.66. The molecule has 1 aromatic heterocycles. The average Bonchev–Trinajstić information content (AvgIpc) is 2.71. The predicted molar refractivity (Wildman–Crippen MR) is 108 cm³/mol. The summed E-state index contributed by atoms with van der Waals surface area (Å²) >= 11 is 0. The summed E-state index contributed by atoms with van der Waals surface area (Å²) < 4.78 is 16.7. The van der Waals surface area contributed by atoms with Gasteiger partial charge in [-0.05, 0) is 35.9 Å². The molecule has 1 N–H and O–H groups in total. The molecule has 0 saturated carbocycles. The molecule has 0 spiro atoms. The SMILES string of the molecule is COc1ccccc1-c1nc2c(OC)ccc(OC)c2cc1CN1CC(O)C1. The molecule has 0 unspecified atom stereocenters. The number of ether oxygens (including phenoxy) is 3. The molecular formula is C22H24N2O4. The molecule has 6 heteroatoms. The number of nitrogens with zero attached hydrogens (tertiary/aromatic N) is 2. The van der Waals surface area contributed by atoms with Crippen molar-refractivity contribution in [2.75, 3.05) is 34.4 Å². The van der Waals surface area contributed by atoms with Crippen molar-refractivity contribution in [2.45, 2.75) is 12.6 Å². The fourth-order valence-electron chi connectivity index (χ4n) is 3.70. The van der Waals surface area contributed by atoms with E-state index in [4.69, 9.17) is 19.2 Å². The summed E-state index contributed by atoms with van der Waals surface area (Å²) in [4.78, 5) is 7.18. The van der Waals surface area contributed by atoms with E-state index < -0.39 is 0 Å². The zero-order chi connectivity index (χ0) is 19.7. The van der Waals surface area contributed by atoms with Crippen molar-refractivity contribution in [1.29, 1.82) is 0 Å². The minimum absolute atomic E-state index is 0.252. The number of fused-ring (bicyclic) bond motifs is 1. The Morgan fingerprint density at radius 2 is 1.64 bits per heavy atom. The first-order valence-electron chi connectivity index (χ1n) is 9.23. The van der Waals surface area contributed by atoms with Gasteiger partial charge in [0.1, 0.15) is 22.8 Å². The van der Waals surface area contributed by atoms with Crippen molar-refractivity contribution < 1.29 is 19.3 Å². The summed E-state index contributed by atoms with van der Waals surface area (Å²) in [5, 5.41) is 10.6. The molecule has 3 aromatic rings. The van der Waals surface area contributed by atoms with Crippen molar-refractivity contribution in [3.05, 3.63) is 48.0 Å². The number of methoxy groups -OCH3 is 3. The summed E-state index contributed by atoms with van der Waals surface area (Å²) in [7, 11) is 4.96. The second-order valence-corrected chi connectivity index (χ2v) is 6.91. The van der Waals surface area contributed by atoms with Gasteiger partial charge in [0.25, 0.3) is 0 Å². The van der Waals surface area contributed by atoms with Crippen LogP contribution in [-0.2, 0) is 6.54 Å². The molecule has 0 aliphatic carbocycles. The number of pyridine rings is 1. The number of hydrogen-bond acceptors (Lipinski definition) is 6. The lowest BCUT2D eigenvalue weighted by molar-refractivity contribution is -0.00280. The van der Waals surface area contributed by atoms with Gasteiger partial charge in [-0.2, -0.15) is 0 Å². The molecule has 1 saturated heterocycles. The van der Waals surface area contributed by atoms with Gasteiger partial charge in [-0.3, -0.25) is 4.90 Å². The number of β-amino-alcohol motifs (C(OH)–C–C–N with tert-alkyl or cyclic N) is 1. The van der Waals surface area contributed by atoms with Crippen LogP contribution in [-0.4, -0.2) is 55.5 Å². The van der Waals surface area contributed by atoms with Crippen LogP contribution in [0.2, 0.25) is 0 Å². The van der Waals surface area contributed by atoms with Gasteiger partial charge < -0.3 is 19.3 Å². The van der Waals surface area contributed by atoms with Crippen LogP contribution in [0.4, 0.5) is 0 Å². The summed E-state index contributed by atoms with van der Waals surface area (Å²) in [6, 6.07) is 13.7. The van der Waals surface area contributed by atoms with Crippen molar-refractivity contribution >= 4 is 10.9 Å². The highest BCUT2D eigenvalue weighted by Crippen LogP contribution is 2.38. The van der Waals surface area contributed by atoms with Crippen LogP contribution in [0.1, 0.15) is 5.56 Å². The number of rotatable bonds is 6. The lowest BCUT2D eigenvalue weighted by atomic mass is 10.00. The molecule has 1 aliphatic rings. The molecule has 4 rings (SSSR count). The normalized spacial score (nSPS) is 14.7. The Balaban J connectivity index is 1.94. The third-order valence-electron chi connectivity index (χ3n) is 5.12. The third kappa shape index (κ3) is 3.25. The summed E-state index contributed by atoms with van der Waals surface area (Å²) in [5.74, 6) is 2.21. The van der Waals surface area contributed by atoms with E-state index in [1.165, 1.54) is 0 Å². The first-order chi connectivity index (χ1) is 13.6. The van der Waals surface area contributed by atoms with Crippen molar-refractivity contribution in [2.24, 2.45) is 0 Å². The highest BCUT2D eigenvalue weighted by atomic mass is 16.5. The van der Waals surface area contributed by atoms with Crippen molar-refractivity contribution in [3.63, 3.8) is 0 Å². The fourth-order valence-corrected chi connectivity index (χ4v) is 3.70. The van der Waals surface area contributed by atoms with Crippen LogP contribution in [0, 0.1) is 0 Å². The molecule has 146 valence electrons. The van der Waals surface area contributed by atoms with Gasteiger partial charge in [-0.25, -0.2) is 4.98 Å². The first-order valence-corrected chi connectivity index (χ1v) is 9.23. The van der Waals surface area contributed by atoms with Crippen LogP contribution >= 0.6 is 0 Å². The molecular weight excluding hydrogens is 356 g/mol. The van der Waals surface area contributed by atoms with Crippen LogP contribution in [0.5, 0.6) is 17.2 Å².